The largest absolute Gasteiger partial charge is 0.366 e. The lowest BCUT2D eigenvalue weighted by Crippen LogP contribution is -2.18. The van der Waals surface area contributed by atoms with E-state index >= 15 is 0 Å². The molecule has 1 aliphatic rings. The van der Waals surface area contributed by atoms with Gasteiger partial charge in [0.25, 0.3) is 0 Å². The Hall–Kier alpha value is -1.22. The fraction of sp³-hybridized carbons (Fsp3) is 0.308. The van der Waals surface area contributed by atoms with Crippen LogP contribution >= 0.6 is 11.8 Å². The Labute approximate surface area is 99.9 Å². The predicted octanol–water partition coefficient (Wildman–Crippen LogP) is 2.74. The van der Waals surface area contributed by atoms with E-state index in [9.17, 15) is 4.79 Å². The molecule has 0 spiro atoms. The van der Waals surface area contributed by atoms with Gasteiger partial charge in [0.1, 0.15) is 0 Å². The number of thioether (sulfide) groups is 1. The molecular weight excluding hydrogens is 218 g/mol. The van der Waals surface area contributed by atoms with E-state index in [1.807, 2.05) is 24.3 Å². The molecule has 0 bridgehead atoms. The Morgan fingerprint density at radius 2 is 2.06 bits per heavy atom. The van der Waals surface area contributed by atoms with Gasteiger partial charge in [-0.05, 0) is 31.4 Å². The molecule has 3 heteroatoms. The summed E-state index contributed by atoms with van der Waals surface area (Å²) in [4.78, 5) is 12.3. The van der Waals surface area contributed by atoms with Gasteiger partial charge in [0.2, 0.25) is 5.91 Å². The van der Waals surface area contributed by atoms with Gasteiger partial charge < -0.3 is 5.73 Å². The lowest BCUT2D eigenvalue weighted by Gasteiger charge is -2.19. The van der Waals surface area contributed by atoms with E-state index < -0.39 is 0 Å². The summed E-state index contributed by atoms with van der Waals surface area (Å²) in [6, 6.07) is 10.3. The van der Waals surface area contributed by atoms with Gasteiger partial charge in [-0.15, -0.1) is 11.8 Å². The average Bonchev–Trinajstić information content (AvgIpc) is 2.30. The minimum atomic E-state index is -0.265. The van der Waals surface area contributed by atoms with Crippen molar-refractivity contribution in [2.24, 2.45) is 5.73 Å². The number of hydrogen-bond donors (Lipinski definition) is 1. The Morgan fingerprint density at radius 3 is 2.75 bits per heavy atom. The van der Waals surface area contributed by atoms with Crippen molar-refractivity contribution in [3.63, 3.8) is 0 Å². The van der Waals surface area contributed by atoms with E-state index in [-0.39, 0.29) is 5.91 Å². The van der Waals surface area contributed by atoms with Crippen LogP contribution in [0.5, 0.6) is 0 Å². The third-order valence-electron chi connectivity index (χ3n) is 2.67. The molecule has 0 saturated carbocycles. The van der Waals surface area contributed by atoms with Crippen LogP contribution in [0, 0.1) is 0 Å². The monoisotopic (exact) mass is 233 g/mol. The molecule has 0 saturated heterocycles. The smallest absolute Gasteiger partial charge is 0.244 e. The van der Waals surface area contributed by atoms with Crippen molar-refractivity contribution in [1.29, 1.82) is 0 Å². The Bertz CT molecular complexity index is 400. The maximum atomic E-state index is 11.1. The number of amides is 1. The lowest BCUT2D eigenvalue weighted by molar-refractivity contribution is -0.114. The number of nitrogens with two attached hydrogens (primary N) is 1. The Balaban J connectivity index is 2.06. The molecular formula is C13H15NOS. The zero-order valence-corrected chi connectivity index (χ0v) is 9.87. The Morgan fingerprint density at radius 1 is 1.31 bits per heavy atom. The van der Waals surface area contributed by atoms with Gasteiger partial charge >= 0.3 is 0 Å². The summed E-state index contributed by atoms with van der Waals surface area (Å²) in [7, 11) is 0. The highest BCUT2D eigenvalue weighted by Gasteiger charge is 2.17. The molecule has 0 radical (unpaired) electrons. The van der Waals surface area contributed by atoms with Crippen LogP contribution in [-0.4, -0.2) is 11.2 Å². The van der Waals surface area contributed by atoms with Gasteiger partial charge in [0.15, 0.2) is 0 Å². The number of carbonyl (C=O) groups is 1. The van der Waals surface area contributed by atoms with E-state index in [2.05, 4.69) is 12.1 Å². The molecule has 2 N–H and O–H groups in total. The predicted molar refractivity (Wildman–Crippen MR) is 67.2 cm³/mol. The van der Waals surface area contributed by atoms with E-state index in [4.69, 9.17) is 5.73 Å². The quantitative estimate of drug-likeness (QED) is 0.872. The summed E-state index contributed by atoms with van der Waals surface area (Å²) in [6.45, 7) is 0. The summed E-state index contributed by atoms with van der Waals surface area (Å²) in [5, 5.41) is 0.388. The summed E-state index contributed by atoms with van der Waals surface area (Å²) < 4.78 is 0. The fourth-order valence-corrected chi connectivity index (χ4v) is 3.04. The van der Waals surface area contributed by atoms with Gasteiger partial charge in [-0.1, -0.05) is 24.3 Å². The summed E-state index contributed by atoms with van der Waals surface area (Å²) in [6.07, 6.45) is 5.04. The van der Waals surface area contributed by atoms with Crippen LogP contribution in [0.2, 0.25) is 0 Å². The maximum absolute atomic E-state index is 11.1. The SMILES string of the molecule is NC(=O)C1=CC(Sc2ccccc2)CCC1. The topological polar surface area (TPSA) is 43.1 Å². The number of benzene rings is 1. The van der Waals surface area contributed by atoms with Crippen LogP contribution < -0.4 is 5.73 Å². The molecule has 0 aliphatic heterocycles. The molecule has 0 heterocycles. The van der Waals surface area contributed by atoms with E-state index in [1.165, 1.54) is 4.90 Å². The van der Waals surface area contributed by atoms with Crippen molar-refractivity contribution in [2.75, 3.05) is 0 Å². The first-order valence-corrected chi connectivity index (χ1v) is 6.36. The van der Waals surface area contributed by atoms with E-state index in [0.29, 0.717) is 5.25 Å². The highest BCUT2D eigenvalue weighted by molar-refractivity contribution is 8.00. The zero-order chi connectivity index (χ0) is 11.4. The van der Waals surface area contributed by atoms with Gasteiger partial charge in [-0.2, -0.15) is 0 Å². The molecule has 1 atom stereocenters. The zero-order valence-electron chi connectivity index (χ0n) is 9.06. The average molecular weight is 233 g/mol. The summed E-state index contributed by atoms with van der Waals surface area (Å²) in [5.74, 6) is -0.265. The number of hydrogen-bond acceptors (Lipinski definition) is 2. The van der Waals surface area contributed by atoms with Crippen molar-refractivity contribution >= 4 is 17.7 Å². The van der Waals surface area contributed by atoms with Crippen LogP contribution in [-0.2, 0) is 4.79 Å². The van der Waals surface area contributed by atoms with Crippen molar-refractivity contribution in [2.45, 2.75) is 29.4 Å². The number of primary amides is 1. The number of carbonyl (C=O) groups excluding carboxylic acids is 1. The standard InChI is InChI=1S/C13H15NOS/c14-13(15)10-5-4-8-12(9-10)16-11-6-2-1-3-7-11/h1-3,6-7,9,12H,4-5,8H2,(H2,14,15). The van der Waals surface area contributed by atoms with Crippen LogP contribution in [0.3, 0.4) is 0 Å². The third kappa shape index (κ3) is 2.89. The second-order valence-electron chi connectivity index (χ2n) is 3.92. The molecule has 1 aromatic carbocycles. The highest BCUT2D eigenvalue weighted by Crippen LogP contribution is 2.31. The first-order valence-electron chi connectivity index (χ1n) is 5.48. The van der Waals surface area contributed by atoms with Crippen molar-refractivity contribution < 1.29 is 4.79 Å². The van der Waals surface area contributed by atoms with Crippen LogP contribution in [0.4, 0.5) is 0 Å². The van der Waals surface area contributed by atoms with Gasteiger partial charge in [0.05, 0.1) is 0 Å². The molecule has 1 aliphatic carbocycles. The van der Waals surface area contributed by atoms with Gasteiger partial charge in [-0.25, -0.2) is 0 Å². The minimum Gasteiger partial charge on any atom is -0.366 e. The minimum absolute atomic E-state index is 0.265. The molecule has 1 aromatic rings. The molecule has 1 amide bonds. The summed E-state index contributed by atoms with van der Waals surface area (Å²) in [5.41, 5.74) is 6.10. The van der Waals surface area contributed by atoms with Gasteiger partial charge in [-0.3, -0.25) is 4.79 Å². The second kappa shape index (κ2) is 5.21. The van der Waals surface area contributed by atoms with Crippen LogP contribution in [0.15, 0.2) is 46.9 Å². The molecule has 84 valence electrons. The molecule has 2 rings (SSSR count). The molecule has 16 heavy (non-hydrogen) atoms. The number of rotatable bonds is 3. The van der Waals surface area contributed by atoms with Crippen LogP contribution in [0.25, 0.3) is 0 Å². The van der Waals surface area contributed by atoms with Crippen molar-refractivity contribution in [3.8, 4) is 0 Å². The first-order chi connectivity index (χ1) is 7.75. The first kappa shape index (κ1) is 11.3. The van der Waals surface area contributed by atoms with Crippen LogP contribution in [0.1, 0.15) is 19.3 Å². The van der Waals surface area contributed by atoms with E-state index in [1.54, 1.807) is 11.8 Å². The Kier molecular flexibility index (Phi) is 3.67. The fourth-order valence-electron chi connectivity index (χ4n) is 1.86. The molecule has 0 fully saturated rings. The normalized spacial score (nSPS) is 20.2. The third-order valence-corrected chi connectivity index (χ3v) is 3.89. The molecule has 0 aromatic heterocycles. The summed E-state index contributed by atoms with van der Waals surface area (Å²) >= 11 is 1.80. The van der Waals surface area contributed by atoms with Gasteiger partial charge in [0, 0.05) is 15.7 Å². The molecule has 1 unspecified atom stereocenters. The van der Waals surface area contributed by atoms with Crippen molar-refractivity contribution in [3.05, 3.63) is 42.0 Å². The highest BCUT2D eigenvalue weighted by atomic mass is 32.2. The second-order valence-corrected chi connectivity index (χ2v) is 5.23. The molecule has 2 nitrogen and oxygen atoms in total. The maximum Gasteiger partial charge on any atom is 0.244 e. The van der Waals surface area contributed by atoms with Crippen molar-refractivity contribution in [1.82, 2.24) is 0 Å². The van der Waals surface area contributed by atoms with E-state index in [0.717, 1.165) is 24.8 Å². The lowest BCUT2D eigenvalue weighted by atomic mass is 9.99.